The first kappa shape index (κ1) is 13.8. The number of hydrogen-bond acceptors (Lipinski definition) is 1. The minimum Gasteiger partial charge on any atom is -0.287 e. The van der Waals surface area contributed by atoms with E-state index in [0.717, 1.165) is 12.1 Å². The molecule has 0 spiro atoms. The van der Waals surface area contributed by atoms with Crippen molar-refractivity contribution in [2.75, 3.05) is 0 Å². The maximum absolute atomic E-state index is 12.2. The number of halogens is 1. The van der Waals surface area contributed by atoms with Crippen molar-refractivity contribution in [3.05, 3.63) is 64.4 Å². The number of pyridine rings is 1. The molecule has 0 amide bonds. The van der Waals surface area contributed by atoms with Crippen LogP contribution in [0, 0.1) is 6.92 Å². The third-order valence-corrected chi connectivity index (χ3v) is 3.45. The molecule has 1 aromatic heterocycles. The SMILES string of the molecule is CCc1ccc(C)[n+](CC(=O)c2ccc(Cl)cc2)c1. The number of benzene rings is 1. The van der Waals surface area contributed by atoms with E-state index in [1.165, 1.54) is 5.56 Å². The zero-order chi connectivity index (χ0) is 13.8. The van der Waals surface area contributed by atoms with Gasteiger partial charge in [0, 0.05) is 29.1 Å². The van der Waals surface area contributed by atoms with E-state index in [2.05, 4.69) is 13.0 Å². The Balaban J connectivity index is 2.21. The van der Waals surface area contributed by atoms with Gasteiger partial charge in [-0.3, -0.25) is 4.79 Å². The average Bonchev–Trinajstić information content (AvgIpc) is 2.42. The molecule has 0 radical (unpaired) electrons. The highest BCUT2D eigenvalue weighted by molar-refractivity contribution is 6.30. The van der Waals surface area contributed by atoms with Crippen LogP contribution in [0.2, 0.25) is 5.02 Å². The zero-order valence-corrected chi connectivity index (χ0v) is 11.9. The van der Waals surface area contributed by atoms with Crippen LogP contribution < -0.4 is 4.57 Å². The van der Waals surface area contributed by atoms with Gasteiger partial charge >= 0.3 is 0 Å². The number of aromatic nitrogens is 1. The minimum atomic E-state index is 0.0954. The van der Waals surface area contributed by atoms with E-state index in [0.29, 0.717) is 17.1 Å². The van der Waals surface area contributed by atoms with Crippen LogP contribution in [0.5, 0.6) is 0 Å². The second-order valence-electron chi connectivity index (χ2n) is 4.59. The predicted octanol–water partition coefficient (Wildman–Crippen LogP) is 3.38. The van der Waals surface area contributed by atoms with Crippen molar-refractivity contribution in [2.24, 2.45) is 0 Å². The Morgan fingerprint density at radius 3 is 2.47 bits per heavy atom. The molecule has 2 aromatic rings. The number of carbonyl (C=O) groups is 1. The lowest BCUT2D eigenvalue weighted by Gasteiger charge is -2.03. The van der Waals surface area contributed by atoms with E-state index >= 15 is 0 Å². The molecule has 3 heteroatoms. The molecule has 0 aliphatic rings. The summed E-state index contributed by atoms with van der Waals surface area (Å²) < 4.78 is 2.00. The van der Waals surface area contributed by atoms with Crippen LogP contribution in [-0.2, 0) is 13.0 Å². The first-order valence-electron chi connectivity index (χ1n) is 6.38. The van der Waals surface area contributed by atoms with Gasteiger partial charge in [-0.1, -0.05) is 18.5 Å². The molecule has 19 heavy (non-hydrogen) atoms. The number of Topliss-reactive ketones (excluding diaryl/α,β-unsaturated/α-hetero) is 1. The molecule has 0 bridgehead atoms. The first-order chi connectivity index (χ1) is 9.10. The van der Waals surface area contributed by atoms with Crippen molar-refractivity contribution in [1.82, 2.24) is 0 Å². The van der Waals surface area contributed by atoms with E-state index < -0.39 is 0 Å². The maximum Gasteiger partial charge on any atom is 0.227 e. The molecule has 2 rings (SSSR count). The zero-order valence-electron chi connectivity index (χ0n) is 11.2. The number of aryl methyl sites for hydroxylation is 2. The lowest BCUT2D eigenvalue weighted by Crippen LogP contribution is -2.41. The largest absolute Gasteiger partial charge is 0.287 e. The van der Waals surface area contributed by atoms with Crippen LogP contribution in [0.3, 0.4) is 0 Å². The third-order valence-electron chi connectivity index (χ3n) is 3.20. The summed E-state index contributed by atoms with van der Waals surface area (Å²) in [7, 11) is 0. The summed E-state index contributed by atoms with van der Waals surface area (Å²) in [5, 5.41) is 0.647. The quantitative estimate of drug-likeness (QED) is 0.618. The summed E-state index contributed by atoms with van der Waals surface area (Å²) in [6, 6.07) is 11.2. The molecule has 0 unspecified atom stereocenters. The summed E-state index contributed by atoms with van der Waals surface area (Å²) in [5.41, 5.74) is 3.01. The number of carbonyl (C=O) groups excluding carboxylic acids is 1. The number of nitrogens with zero attached hydrogens (tertiary/aromatic N) is 1. The summed E-state index contributed by atoms with van der Waals surface area (Å²) >= 11 is 5.82. The monoisotopic (exact) mass is 274 g/mol. The molecular formula is C16H17ClNO+. The number of hydrogen-bond donors (Lipinski definition) is 0. The third kappa shape index (κ3) is 3.42. The van der Waals surface area contributed by atoms with Gasteiger partial charge in [0.2, 0.25) is 12.3 Å². The number of ketones is 1. The molecule has 0 saturated heterocycles. The molecule has 1 aromatic carbocycles. The first-order valence-corrected chi connectivity index (χ1v) is 6.75. The van der Waals surface area contributed by atoms with Crippen LogP contribution in [-0.4, -0.2) is 5.78 Å². The second kappa shape index (κ2) is 5.98. The summed E-state index contributed by atoms with van der Waals surface area (Å²) in [5.74, 6) is 0.0954. The Morgan fingerprint density at radius 1 is 1.16 bits per heavy atom. The Hall–Kier alpha value is -1.67. The molecule has 1 heterocycles. The molecule has 98 valence electrons. The number of rotatable bonds is 4. The average molecular weight is 275 g/mol. The normalized spacial score (nSPS) is 10.5. The van der Waals surface area contributed by atoms with Crippen molar-refractivity contribution in [1.29, 1.82) is 0 Å². The van der Waals surface area contributed by atoms with Gasteiger partial charge in [-0.05, 0) is 36.8 Å². The predicted molar refractivity (Wildman–Crippen MR) is 76.5 cm³/mol. The molecule has 0 saturated carbocycles. The van der Waals surface area contributed by atoms with Crippen molar-refractivity contribution in [3.63, 3.8) is 0 Å². The van der Waals surface area contributed by atoms with Crippen molar-refractivity contribution in [2.45, 2.75) is 26.8 Å². The Kier molecular flexibility index (Phi) is 4.33. The van der Waals surface area contributed by atoms with Crippen LogP contribution in [0.25, 0.3) is 0 Å². The van der Waals surface area contributed by atoms with E-state index in [4.69, 9.17) is 11.6 Å². The van der Waals surface area contributed by atoms with Gasteiger partial charge in [0.1, 0.15) is 0 Å². The summed E-state index contributed by atoms with van der Waals surface area (Å²) in [6.07, 6.45) is 3.01. The fourth-order valence-corrected chi connectivity index (χ4v) is 2.06. The minimum absolute atomic E-state index is 0.0954. The fraction of sp³-hybridized carbons (Fsp3) is 0.250. The highest BCUT2D eigenvalue weighted by atomic mass is 35.5. The van der Waals surface area contributed by atoms with Crippen molar-refractivity contribution in [3.8, 4) is 0 Å². The highest BCUT2D eigenvalue weighted by Gasteiger charge is 2.14. The van der Waals surface area contributed by atoms with Crippen LogP contribution >= 0.6 is 11.6 Å². The van der Waals surface area contributed by atoms with Gasteiger partial charge < -0.3 is 0 Å². The van der Waals surface area contributed by atoms with Gasteiger partial charge in [0.05, 0.1) is 0 Å². The molecule has 0 aliphatic heterocycles. The Bertz CT molecular complexity index is 590. The Labute approximate surface area is 118 Å². The molecule has 0 fully saturated rings. The molecule has 2 nitrogen and oxygen atoms in total. The second-order valence-corrected chi connectivity index (χ2v) is 5.03. The Morgan fingerprint density at radius 2 is 1.84 bits per heavy atom. The summed E-state index contributed by atoms with van der Waals surface area (Å²) in [4.78, 5) is 12.2. The maximum atomic E-state index is 12.2. The molecular weight excluding hydrogens is 258 g/mol. The van der Waals surface area contributed by atoms with Gasteiger partial charge in [0.15, 0.2) is 11.9 Å². The van der Waals surface area contributed by atoms with Gasteiger partial charge in [0.25, 0.3) is 0 Å². The summed E-state index contributed by atoms with van der Waals surface area (Å²) in [6.45, 7) is 4.48. The topological polar surface area (TPSA) is 20.9 Å². The van der Waals surface area contributed by atoms with Crippen LogP contribution in [0.4, 0.5) is 0 Å². The van der Waals surface area contributed by atoms with E-state index in [1.807, 2.05) is 23.8 Å². The van der Waals surface area contributed by atoms with E-state index in [9.17, 15) is 4.79 Å². The van der Waals surface area contributed by atoms with Crippen LogP contribution in [0.15, 0.2) is 42.6 Å². The standard InChI is InChI=1S/C16H17ClNO/c1-3-13-5-4-12(2)18(10-13)11-16(19)14-6-8-15(17)9-7-14/h4-10H,3,11H2,1-2H3/q+1. The fourth-order valence-electron chi connectivity index (χ4n) is 1.93. The van der Waals surface area contributed by atoms with E-state index in [-0.39, 0.29) is 5.78 Å². The van der Waals surface area contributed by atoms with E-state index in [1.54, 1.807) is 24.3 Å². The van der Waals surface area contributed by atoms with Gasteiger partial charge in [-0.25, -0.2) is 0 Å². The lowest BCUT2D eigenvalue weighted by atomic mass is 10.1. The van der Waals surface area contributed by atoms with Crippen molar-refractivity contribution >= 4 is 17.4 Å². The molecule has 0 aliphatic carbocycles. The van der Waals surface area contributed by atoms with Crippen LogP contribution in [0.1, 0.15) is 28.5 Å². The van der Waals surface area contributed by atoms with Gasteiger partial charge in [-0.2, -0.15) is 4.57 Å². The van der Waals surface area contributed by atoms with Crippen molar-refractivity contribution < 1.29 is 9.36 Å². The van der Waals surface area contributed by atoms with Gasteiger partial charge in [-0.15, -0.1) is 0 Å². The smallest absolute Gasteiger partial charge is 0.227 e. The highest BCUT2D eigenvalue weighted by Crippen LogP contribution is 2.10. The lowest BCUT2D eigenvalue weighted by molar-refractivity contribution is -0.689. The molecule has 0 N–H and O–H groups in total. The molecule has 0 atom stereocenters.